The van der Waals surface area contributed by atoms with E-state index in [0.29, 0.717) is 12.3 Å². The average Bonchev–Trinajstić information content (AvgIpc) is 3.25. The van der Waals surface area contributed by atoms with Gasteiger partial charge in [0.05, 0.1) is 0 Å². The van der Waals surface area contributed by atoms with Gasteiger partial charge in [0.2, 0.25) is 5.91 Å². The van der Waals surface area contributed by atoms with Gasteiger partial charge < -0.3 is 14.6 Å². The first-order valence-corrected chi connectivity index (χ1v) is 12.3. The number of piperidine rings is 2. The van der Waals surface area contributed by atoms with Crippen LogP contribution in [0.4, 0.5) is 0 Å². The maximum Gasteiger partial charge on any atom is 0.290 e. The van der Waals surface area contributed by atoms with Gasteiger partial charge in [-0.05, 0) is 56.8 Å². The Morgan fingerprint density at radius 1 is 1.15 bits per heavy atom. The Morgan fingerprint density at radius 3 is 2.62 bits per heavy atom. The molecule has 2 atom stereocenters. The highest BCUT2D eigenvalue weighted by Gasteiger charge is 2.36. The van der Waals surface area contributed by atoms with Crippen molar-refractivity contribution >= 4 is 12.4 Å². The maximum absolute atomic E-state index is 13.2. The molecule has 0 aliphatic carbocycles. The van der Waals surface area contributed by atoms with Crippen molar-refractivity contribution < 1.29 is 14.7 Å². The fraction of sp³-hybridized carbons (Fsp3) is 0.600. The first-order chi connectivity index (χ1) is 16.5. The number of pyridine rings is 1. The molecular weight excluding hydrogens is 434 g/mol. The molecule has 2 fully saturated rings. The van der Waals surface area contributed by atoms with Crippen molar-refractivity contribution in [3.05, 3.63) is 51.7 Å². The Hall–Kier alpha value is -2.94. The minimum atomic E-state index is -0.250. The molecule has 3 aliphatic rings. The van der Waals surface area contributed by atoms with Gasteiger partial charge in [0, 0.05) is 68.7 Å². The third kappa shape index (κ3) is 5.41. The van der Waals surface area contributed by atoms with E-state index < -0.39 is 0 Å². The van der Waals surface area contributed by atoms with E-state index in [-0.39, 0.29) is 23.9 Å². The third-order valence-corrected chi connectivity index (χ3v) is 7.40. The summed E-state index contributed by atoms with van der Waals surface area (Å²) in [6.07, 6.45) is 7.87. The number of nitrogens with zero attached hydrogens (tertiary/aromatic N) is 5. The minimum absolute atomic E-state index is 0.189. The monoisotopic (exact) mass is 469 g/mol. The number of likely N-dealkylation sites (tertiary alicyclic amines) is 2. The zero-order valence-corrected chi connectivity index (χ0v) is 19.9. The van der Waals surface area contributed by atoms with E-state index in [1.165, 1.54) is 19.3 Å². The van der Waals surface area contributed by atoms with Gasteiger partial charge in [-0.25, -0.2) is 0 Å². The lowest BCUT2D eigenvalue weighted by Gasteiger charge is -2.43. The second kappa shape index (κ2) is 11.0. The molecular formula is C25H35N5O4. The van der Waals surface area contributed by atoms with Gasteiger partial charge in [0.1, 0.15) is 0 Å². The molecule has 0 aromatic carbocycles. The predicted molar refractivity (Wildman–Crippen MR) is 127 cm³/mol. The number of rotatable bonds is 5. The number of fused-ring (bicyclic) bond motifs is 4. The van der Waals surface area contributed by atoms with Crippen LogP contribution in [-0.4, -0.2) is 67.8 Å². The summed E-state index contributed by atoms with van der Waals surface area (Å²) in [6.45, 7) is 4.95. The van der Waals surface area contributed by atoms with Crippen molar-refractivity contribution in [3.8, 4) is 0 Å². The SMILES string of the molecule is Cn1nccc1CCC(=O)N1C[C@@H]2C[C@H](C1)c1ccc(CN3CCCCC3)c(=O)n1C2.O=CO. The summed E-state index contributed by atoms with van der Waals surface area (Å²) in [4.78, 5) is 39.0. The molecule has 2 aromatic rings. The van der Waals surface area contributed by atoms with E-state index in [9.17, 15) is 9.59 Å². The number of hydrogen-bond acceptors (Lipinski definition) is 5. The number of carbonyl (C=O) groups excluding carboxylic acids is 1. The normalized spacial score (nSPS) is 21.9. The van der Waals surface area contributed by atoms with Crippen LogP contribution in [0.3, 0.4) is 0 Å². The summed E-state index contributed by atoms with van der Waals surface area (Å²) in [7, 11) is 1.92. The number of carboxylic acid groups (broad SMARTS) is 1. The number of aromatic nitrogens is 3. The van der Waals surface area contributed by atoms with Crippen molar-refractivity contribution in [1.82, 2.24) is 24.1 Å². The standard InChI is InChI=1S/C24H33N5O2.CH2O2/c1-26-21(9-10-25-26)6-8-23(30)28-14-18-13-20(17-28)22-7-5-19(24(31)29(22)15-18)16-27-11-3-2-4-12-27;2-1-3/h5,7,9-10,18,20H,2-4,6,8,11-17H2,1H3;1H,(H,2,3)/t18-,20+;/m0./s1. The highest BCUT2D eigenvalue weighted by Crippen LogP contribution is 2.35. The molecule has 5 heterocycles. The van der Waals surface area contributed by atoms with E-state index in [2.05, 4.69) is 16.1 Å². The van der Waals surface area contributed by atoms with E-state index in [0.717, 1.165) is 69.1 Å². The van der Waals surface area contributed by atoms with Crippen LogP contribution in [-0.2, 0) is 36.1 Å². The fourth-order valence-electron chi connectivity index (χ4n) is 5.71. The number of hydrogen-bond donors (Lipinski definition) is 1. The molecule has 0 saturated carbocycles. The van der Waals surface area contributed by atoms with Crippen molar-refractivity contribution in [3.63, 3.8) is 0 Å². The summed E-state index contributed by atoms with van der Waals surface area (Å²) < 4.78 is 3.86. The second-order valence-electron chi connectivity index (χ2n) is 9.68. The zero-order chi connectivity index (χ0) is 24.1. The van der Waals surface area contributed by atoms with E-state index in [4.69, 9.17) is 9.90 Å². The first-order valence-electron chi connectivity index (χ1n) is 12.3. The quantitative estimate of drug-likeness (QED) is 0.671. The highest BCUT2D eigenvalue weighted by molar-refractivity contribution is 5.76. The summed E-state index contributed by atoms with van der Waals surface area (Å²) in [5.41, 5.74) is 3.32. The molecule has 184 valence electrons. The zero-order valence-electron chi connectivity index (χ0n) is 19.9. The van der Waals surface area contributed by atoms with Gasteiger partial charge in [0.25, 0.3) is 12.0 Å². The van der Waals surface area contributed by atoms with Crippen LogP contribution in [0.25, 0.3) is 0 Å². The van der Waals surface area contributed by atoms with Gasteiger partial charge in [-0.1, -0.05) is 12.5 Å². The maximum atomic E-state index is 13.2. The molecule has 5 rings (SSSR count). The minimum Gasteiger partial charge on any atom is -0.483 e. The largest absolute Gasteiger partial charge is 0.483 e. The Morgan fingerprint density at radius 2 is 1.91 bits per heavy atom. The van der Waals surface area contributed by atoms with Crippen molar-refractivity contribution in [2.75, 3.05) is 26.2 Å². The first kappa shape index (κ1) is 24.2. The van der Waals surface area contributed by atoms with Gasteiger partial charge >= 0.3 is 0 Å². The summed E-state index contributed by atoms with van der Waals surface area (Å²) >= 11 is 0. The van der Waals surface area contributed by atoms with Crippen molar-refractivity contribution in [2.45, 2.75) is 57.5 Å². The topological polar surface area (TPSA) is 101 Å². The van der Waals surface area contributed by atoms with Gasteiger partial charge in [-0.3, -0.25) is 24.0 Å². The fourth-order valence-corrected chi connectivity index (χ4v) is 5.71. The molecule has 3 aliphatic heterocycles. The van der Waals surface area contributed by atoms with E-state index in [1.807, 2.05) is 33.3 Å². The van der Waals surface area contributed by atoms with Gasteiger partial charge in [-0.2, -0.15) is 5.10 Å². The summed E-state index contributed by atoms with van der Waals surface area (Å²) in [5, 5.41) is 11.1. The van der Waals surface area contributed by atoms with E-state index >= 15 is 0 Å². The third-order valence-electron chi connectivity index (χ3n) is 7.40. The molecule has 0 unspecified atom stereocenters. The smallest absolute Gasteiger partial charge is 0.290 e. The lowest BCUT2D eigenvalue weighted by molar-refractivity contribution is -0.134. The second-order valence-corrected chi connectivity index (χ2v) is 9.68. The van der Waals surface area contributed by atoms with Crippen LogP contribution in [0, 0.1) is 5.92 Å². The molecule has 1 N–H and O–H groups in total. The Kier molecular flexibility index (Phi) is 7.82. The molecule has 0 spiro atoms. The van der Waals surface area contributed by atoms with Crippen LogP contribution in [0.2, 0.25) is 0 Å². The average molecular weight is 470 g/mol. The van der Waals surface area contributed by atoms with Crippen LogP contribution in [0.15, 0.2) is 29.2 Å². The predicted octanol–water partition coefficient (Wildman–Crippen LogP) is 1.85. The van der Waals surface area contributed by atoms with Crippen molar-refractivity contribution in [1.29, 1.82) is 0 Å². The molecule has 9 heteroatoms. The molecule has 2 saturated heterocycles. The van der Waals surface area contributed by atoms with E-state index in [1.54, 1.807) is 6.20 Å². The van der Waals surface area contributed by atoms with Crippen LogP contribution >= 0.6 is 0 Å². The molecule has 1 amide bonds. The van der Waals surface area contributed by atoms with Crippen molar-refractivity contribution in [2.24, 2.45) is 13.0 Å². The summed E-state index contributed by atoms with van der Waals surface area (Å²) in [5.74, 6) is 0.855. The van der Waals surface area contributed by atoms with Crippen LogP contribution < -0.4 is 5.56 Å². The lowest BCUT2D eigenvalue weighted by Crippen LogP contribution is -2.49. The molecule has 0 radical (unpaired) electrons. The Balaban J connectivity index is 0.000000868. The summed E-state index contributed by atoms with van der Waals surface area (Å²) in [6, 6.07) is 6.18. The van der Waals surface area contributed by atoms with Gasteiger partial charge in [-0.15, -0.1) is 0 Å². The molecule has 2 bridgehead atoms. The number of aryl methyl sites for hydroxylation is 2. The Labute approximate surface area is 200 Å². The van der Waals surface area contributed by atoms with Crippen LogP contribution in [0.5, 0.6) is 0 Å². The molecule has 2 aromatic heterocycles. The lowest BCUT2D eigenvalue weighted by atomic mass is 9.82. The Bertz CT molecular complexity index is 1060. The van der Waals surface area contributed by atoms with Crippen LogP contribution in [0.1, 0.15) is 55.0 Å². The number of carbonyl (C=O) groups is 2. The molecule has 34 heavy (non-hydrogen) atoms. The highest BCUT2D eigenvalue weighted by atomic mass is 16.3. The number of amides is 1. The molecule has 9 nitrogen and oxygen atoms in total. The van der Waals surface area contributed by atoms with Gasteiger partial charge in [0.15, 0.2) is 0 Å².